The van der Waals surface area contributed by atoms with E-state index in [2.05, 4.69) is 20.8 Å². The van der Waals surface area contributed by atoms with Crippen LogP contribution in [0.1, 0.15) is 54.2 Å². The van der Waals surface area contributed by atoms with Gasteiger partial charge in [0.25, 0.3) is 0 Å². The van der Waals surface area contributed by atoms with Crippen LogP contribution in [0.5, 0.6) is 0 Å². The fourth-order valence-corrected chi connectivity index (χ4v) is 3.79. The summed E-state index contributed by atoms with van der Waals surface area (Å²) in [6, 6.07) is 7.35. The Morgan fingerprint density at radius 3 is 3.00 bits per heavy atom. The van der Waals surface area contributed by atoms with Crippen molar-refractivity contribution in [2.24, 2.45) is 0 Å². The summed E-state index contributed by atoms with van der Waals surface area (Å²) < 4.78 is 0. The summed E-state index contributed by atoms with van der Waals surface area (Å²) in [5.41, 5.74) is 5.31. The summed E-state index contributed by atoms with van der Waals surface area (Å²) in [5.74, 6) is -0.104. The number of aromatic nitrogens is 2. The molecule has 3 N–H and O–H groups in total. The van der Waals surface area contributed by atoms with E-state index in [0.29, 0.717) is 12.8 Å². The smallest absolute Gasteiger partial charge is 0.226 e. The maximum absolute atomic E-state index is 12.4. The molecule has 4 rings (SSSR count). The minimum atomic E-state index is -0.259. The molecule has 1 atom stereocenters. The van der Waals surface area contributed by atoms with Crippen LogP contribution in [0.3, 0.4) is 0 Å². The number of carbonyl (C=O) groups is 2. The molecule has 1 aromatic heterocycles. The lowest BCUT2D eigenvalue weighted by Crippen LogP contribution is -2.35. The van der Waals surface area contributed by atoms with Gasteiger partial charge in [0.05, 0.1) is 18.2 Å². The van der Waals surface area contributed by atoms with Gasteiger partial charge in [-0.2, -0.15) is 5.10 Å². The van der Waals surface area contributed by atoms with Gasteiger partial charge in [-0.05, 0) is 42.9 Å². The van der Waals surface area contributed by atoms with Gasteiger partial charge in [-0.25, -0.2) is 0 Å². The van der Waals surface area contributed by atoms with Gasteiger partial charge in [0, 0.05) is 24.2 Å². The van der Waals surface area contributed by atoms with E-state index in [1.807, 2.05) is 24.3 Å². The maximum Gasteiger partial charge on any atom is 0.226 e. The molecule has 1 aromatic carbocycles. The summed E-state index contributed by atoms with van der Waals surface area (Å²) in [6.45, 7) is 0. The summed E-state index contributed by atoms with van der Waals surface area (Å²) in [5, 5.41) is 13.4. The van der Waals surface area contributed by atoms with Crippen LogP contribution in [-0.4, -0.2) is 22.0 Å². The van der Waals surface area contributed by atoms with Gasteiger partial charge in [-0.3, -0.25) is 14.7 Å². The van der Waals surface area contributed by atoms with Crippen LogP contribution in [0.4, 0.5) is 5.69 Å². The second-order valence-corrected chi connectivity index (χ2v) is 6.79. The minimum absolute atomic E-state index is 0.0398. The van der Waals surface area contributed by atoms with Crippen LogP contribution in [0.2, 0.25) is 0 Å². The van der Waals surface area contributed by atoms with Crippen LogP contribution in [0.15, 0.2) is 24.3 Å². The summed E-state index contributed by atoms with van der Waals surface area (Å²) in [4.78, 5) is 24.3. The highest BCUT2D eigenvalue weighted by Crippen LogP contribution is 2.30. The number of nitrogens with zero attached hydrogens (tertiary/aromatic N) is 1. The van der Waals surface area contributed by atoms with Gasteiger partial charge in [-0.15, -0.1) is 0 Å². The van der Waals surface area contributed by atoms with Gasteiger partial charge < -0.3 is 10.6 Å². The number of amides is 2. The highest BCUT2D eigenvalue weighted by atomic mass is 16.2. The number of fused-ring (bicyclic) bond motifs is 2. The van der Waals surface area contributed by atoms with Crippen LogP contribution >= 0.6 is 0 Å². The van der Waals surface area contributed by atoms with E-state index in [0.717, 1.165) is 29.8 Å². The van der Waals surface area contributed by atoms with Crippen molar-refractivity contribution in [1.29, 1.82) is 0 Å². The Hall–Kier alpha value is -2.63. The van der Waals surface area contributed by atoms with E-state index in [4.69, 9.17) is 0 Å². The van der Waals surface area contributed by atoms with E-state index >= 15 is 0 Å². The zero-order valence-corrected chi connectivity index (χ0v) is 14.1. The topological polar surface area (TPSA) is 86.9 Å². The molecule has 0 saturated heterocycles. The number of aromatic amines is 1. The largest absolute Gasteiger partial charge is 0.349 e. The van der Waals surface area contributed by atoms with E-state index in [1.54, 1.807) is 0 Å². The highest BCUT2D eigenvalue weighted by molar-refractivity contribution is 5.95. The lowest BCUT2D eigenvalue weighted by atomic mass is 9.94. The third-order valence-corrected chi connectivity index (χ3v) is 5.07. The quantitative estimate of drug-likeness (QED) is 0.800. The fraction of sp³-hybridized carbons (Fsp3) is 0.421. The molecule has 0 saturated carbocycles. The average Bonchev–Trinajstić information content (AvgIpc) is 3.03. The number of hydrogen-bond acceptors (Lipinski definition) is 3. The number of carbonyl (C=O) groups excluding carboxylic acids is 2. The normalized spacial score (nSPS) is 18.9. The molecule has 0 spiro atoms. The van der Waals surface area contributed by atoms with Crippen molar-refractivity contribution in [2.45, 2.75) is 51.0 Å². The van der Waals surface area contributed by atoms with Crippen LogP contribution < -0.4 is 10.6 Å². The minimum Gasteiger partial charge on any atom is -0.349 e. The highest BCUT2D eigenvalue weighted by Gasteiger charge is 2.26. The van der Waals surface area contributed by atoms with Crippen LogP contribution in [0, 0.1) is 0 Å². The zero-order valence-electron chi connectivity index (χ0n) is 14.1. The van der Waals surface area contributed by atoms with Gasteiger partial charge in [0.15, 0.2) is 0 Å². The average molecular weight is 338 g/mol. The summed E-state index contributed by atoms with van der Waals surface area (Å²) in [6.07, 6.45) is 5.82. The summed E-state index contributed by atoms with van der Waals surface area (Å²) >= 11 is 0. The molecule has 2 aliphatic rings. The van der Waals surface area contributed by atoms with Crippen molar-refractivity contribution in [3.05, 3.63) is 46.8 Å². The summed E-state index contributed by atoms with van der Waals surface area (Å²) in [7, 11) is 0. The number of H-pyrrole nitrogens is 1. The molecule has 1 aliphatic heterocycles. The van der Waals surface area contributed by atoms with Crippen molar-refractivity contribution in [3.8, 4) is 0 Å². The first-order chi connectivity index (χ1) is 12.2. The number of rotatable bonds is 4. The SMILES string of the molecule is O=C1C[C@H](NC(=O)CCc2n[nH]c3c2CCCC3)c2ccccc2N1. The second kappa shape index (κ2) is 6.70. The Morgan fingerprint density at radius 2 is 2.08 bits per heavy atom. The van der Waals surface area contributed by atoms with Gasteiger partial charge in [0.2, 0.25) is 11.8 Å². The molecule has 0 bridgehead atoms. The predicted molar refractivity (Wildman–Crippen MR) is 94.1 cm³/mol. The first kappa shape index (κ1) is 15.9. The van der Waals surface area contributed by atoms with Gasteiger partial charge in [0.1, 0.15) is 0 Å². The molecule has 0 fully saturated rings. The van der Waals surface area contributed by atoms with E-state index in [9.17, 15) is 9.59 Å². The molecule has 130 valence electrons. The predicted octanol–water partition coefficient (Wildman–Crippen LogP) is 2.42. The third-order valence-electron chi connectivity index (χ3n) is 5.07. The monoisotopic (exact) mass is 338 g/mol. The lowest BCUT2D eigenvalue weighted by molar-refractivity contribution is -0.122. The van der Waals surface area contributed by atoms with Crippen molar-refractivity contribution in [2.75, 3.05) is 5.32 Å². The molecular weight excluding hydrogens is 316 g/mol. The van der Waals surface area contributed by atoms with Crippen LogP contribution in [0.25, 0.3) is 0 Å². The Bertz CT molecular complexity index is 812. The first-order valence-corrected chi connectivity index (χ1v) is 8.94. The van der Waals surface area contributed by atoms with Crippen molar-refractivity contribution in [3.63, 3.8) is 0 Å². The molecule has 2 aromatic rings. The molecule has 6 heteroatoms. The number of anilines is 1. The Morgan fingerprint density at radius 1 is 1.24 bits per heavy atom. The van der Waals surface area contributed by atoms with E-state index < -0.39 is 0 Å². The number of hydrogen-bond donors (Lipinski definition) is 3. The molecular formula is C19H22N4O2. The molecule has 0 radical (unpaired) electrons. The Kier molecular flexibility index (Phi) is 4.26. The molecule has 1 aliphatic carbocycles. The number of para-hydroxylation sites is 1. The standard InChI is InChI=1S/C19H22N4O2/c24-18(10-9-16-13-6-2-4-8-15(13)22-23-16)21-17-11-19(25)20-14-7-3-1-5-12(14)17/h1,3,5,7,17H,2,4,6,8-11H2,(H,20,25)(H,21,24)(H,22,23)/t17-/m0/s1. The van der Waals surface area contributed by atoms with E-state index in [-0.39, 0.29) is 24.3 Å². The molecule has 2 heterocycles. The first-order valence-electron chi connectivity index (χ1n) is 8.94. The number of nitrogens with one attached hydrogen (secondary N) is 3. The molecule has 2 amide bonds. The van der Waals surface area contributed by atoms with Crippen molar-refractivity contribution in [1.82, 2.24) is 15.5 Å². The third kappa shape index (κ3) is 3.29. The maximum atomic E-state index is 12.4. The second-order valence-electron chi connectivity index (χ2n) is 6.79. The number of aryl methyl sites for hydroxylation is 2. The van der Waals surface area contributed by atoms with Crippen molar-refractivity contribution < 1.29 is 9.59 Å². The van der Waals surface area contributed by atoms with E-state index in [1.165, 1.54) is 24.1 Å². The van der Waals surface area contributed by atoms with Crippen molar-refractivity contribution >= 4 is 17.5 Å². The Labute approximate surface area is 146 Å². The molecule has 0 unspecified atom stereocenters. The number of benzene rings is 1. The zero-order chi connectivity index (χ0) is 17.2. The molecule has 6 nitrogen and oxygen atoms in total. The van der Waals surface area contributed by atoms with Gasteiger partial charge in [-0.1, -0.05) is 18.2 Å². The van der Waals surface area contributed by atoms with Gasteiger partial charge >= 0.3 is 0 Å². The lowest BCUT2D eigenvalue weighted by Gasteiger charge is -2.26. The fourth-order valence-electron chi connectivity index (χ4n) is 3.79. The Balaban J connectivity index is 1.40. The molecule has 25 heavy (non-hydrogen) atoms. The van der Waals surface area contributed by atoms with Crippen LogP contribution in [-0.2, 0) is 28.9 Å².